The average Bonchev–Trinajstić information content (AvgIpc) is 2.18. The van der Waals surface area contributed by atoms with Gasteiger partial charge in [-0.2, -0.15) is 0 Å². The first kappa shape index (κ1) is 10.5. The molecule has 0 aromatic heterocycles. The third-order valence-corrected chi connectivity index (χ3v) is 3.98. The summed E-state index contributed by atoms with van der Waals surface area (Å²) < 4.78 is 1.08. The van der Waals surface area contributed by atoms with E-state index in [1.807, 2.05) is 12.1 Å². The molecule has 0 saturated carbocycles. The van der Waals surface area contributed by atoms with Crippen LogP contribution in [-0.2, 0) is 5.33 Å². The summed E-state index contributed by atoms with van der Waals surface area (Å²) in [6.07, 6.45) is 0. The van der Waals surface area contributed by atoms with Crippen LogP contribution in [0.25, 0.3) is 10.8 Å². The van der Waals surface area contributed by atoms with E-state index in [2.05, 4.69) is 50.1 Å². The number of hydrogen-bond acceptors (Lipinski definition) is 0. The molecule has 0 saturated heterocycles. The zero-order chi connectivity index (χ0) is 10.1. The van der Waals surface area contributed by atoms with E-state index in [0.717, 1.165) is 25.6 Å². The number of rotatable bonds is 1. The van der Waals surface area contributed by atoms with Crippen molar-refractivity contribution in [2.24, 2.45) is 0 Å². The Morgan fingerprint density at radius 2 is 1.93 bits per heavy atom. The Labute approximate surface area is 105 Å². The Bertz CT molecular complexity index is 480. The van der Waals surface area contributed by atoms with Crippen molar-refractivity contribution in [1.82, 2.24) is 0 Å². The molecular weight excluding hydrogens is 327 g/mol. The monoisotopic (exact) mass is 332 g/mol. The summed E-state index contributed by atoms with van der Waals surface area (Å²) in [5.41, 5.74) is 1.21. The van der Waals surface area contributed by atoms with Gasteiger partial charge in [0.05, 0.1) is 0 Å². The highest BCUT2D eigenvalue weighted by Crippen LogP contribution is 2.33. The molecule has 0 bridgehead atoms. The molecule has 0 aliphatic carbocycles. The van der Waals surface area contributed by atoms with E-state index in [1.54, 1.807) is 0 Å². The molecular formula is C11H7Br2Cl. The standard InChI is InChI=1S/C11H7Br2Cl/c12-6-8-5-4-7-2-1-3-9(14)10(7)11(8)13/h1-5H,6H2. The fourth-order valence-corrected chi connectivity index (χ4v) is 3.39. The summed E-state index contributed by atoms with van der Waals surface area (Å²) in [7, 11) is 0. The zero-order valence-electron chi connectivity index (χ0n) is 7.23. The van der Waals surface area contributed by atoms with Crippen molar-refractivity contribution >= 4 is 54.2 Å². The van der Waals surface area contributed by atoms with E-state index in [0.29, 0.717) is 0 Å². The smallest absolute Gasteiger partial charge is 0.0495 e. The minimum atomic E-state index is 0.789. The lowest BCUT2D eigenvalue weighted by atomic mass is 10.1. The minimum absolute atomic E-state index is 0.789. The molecule has 3 heteroatoms. The largest absolute Gasteiger partial charge is 0.0876 e. The van der Waals surface area contributed by atoms with Gasteiger partial charge >= 0.3 is 0 Å². The zero-order valence-corrected chi connectivity index (χ0v) is 11.2. The van der Waals surface area contributed by atoms with Gasteiger partial charge in [-0.05, 0) is 32.9 Å². The second kappa shape index (κ2) is 4.21. The first-order valence-electron chi connectivity index (χ1n) is 4.15. The number of hydrogen-bond donors (Lipinski definition) is 0. The number of fused-ring (bicyclic) bond motifs is 1. The van der Waals surface area contributed by atoms with Crippen LogP contribution in [0.4, 0.5) is 0 Å². The molecule has 0 aliphatic heterocycles. The van der Waals surface area contributed by atoms with E-state index in [4.69, 9.17) is 11.6 Å². The molecule has 0 heterocycles. The fourth-order valence-electron chi connectivity index (χ4n) is 1.44. The summed E-state index contributed by atoms with van der Waals surface area (Å²) in [5, 5.41) is 3.87. The molecule has 0 amide bonds. The summed E-state index contributed by atoms with van der Waals surface area (Å²) >= 11 is 13.2. The maximum absolute atomic E-state index is 6.15. The quantitative estimate of drug-likeness (QED) is 0.633. The average molecular weight is 334 g/mol. The molecule has 72 valence electrons. The highest BCUT2D eigenvalue weighted by atomic mass is 79.9. The van der Waals surface area contributed by atoms with Crippen LogP contribution in [0.2, 0.25) is 5.02 Å². The molecule has 0 spiro atoms. The van der Waals surface area contributed by atoms with Crippen LogP contribution in [0.1, 0.15) is 5.56 Å². The van der Waals surface area contributed by atoms with Gasteiger partial charge in [0, 0.05) is 20.2 Å². The lowest BCUT2D eigenvalue weighted by Crippen LogP contribution is -1.83. The van der Waals surface area contributed by atoms with Gasteiger partial charge in [0.25, 0.3) is 0 Å². The summed E-state index contributed by atoms with van der Waals surface area (Å²) in [5.74, 6) is 0. The van der Waals surface area contributed by atoms with Crippen LogP contribution in [0.15, 0.2) is 34.8 Å². The van der Waals surface area contributed by atoms with Gasteiger partial charge < -0.3 is 0 Å². The first-order chi connectivity index (χ1) is 6.74. The highest BCUT2D eigenvalue weighted by Gasteiger charge is 2.06. The lowest BCUT2D eigenvalue weighted by molar-refractivity contribution is 1.43. The van der Waals surface area contributed by atoms with Gasteiger partial charge in [0.2, 0.25) is 0 Å². The van der Waals surface area contributed by atoms with Crippen LogP contribution in [0.3, 0.4) is 0 Å². The first-order valence-corrected chi connectivity index (χ1v) is 6.45. The minimum Gasteiger partial charge on any atom is -0.0876 e. The van der Waals surface area contributed by atoms with Crippen LogP contribution in [0, 0.1) is 0 Å². The molecule has 2 aromatic rings. The fraction of sp³-hybridized carbons (Fsp3) is 0.0909. The van der Waals surface area contributed by atoms with Gasteiger partial charge in [0.1, 0.15) is 0 Å². The van der Waals surface area contributed by atoms with Crippen molar-refractivity contribution in [1.29, 1.82) is 0 Å². The molecule has 2 aromatic carbocycles. The molecule has 0 radical (unpaired) electrons. The summed E-state index contributed by atoms with van der Waals surface area (Å²) in [6, 6.07) is 10.1. The molecule has 0 unspecified atom stereocenters. The van der Waals surface area contributed by atoms with Gasteiger partial charge in [-0.3, -0.25) is 0 Å². The SMILES string of the molecule is Clc1cccc2ccc(CBr)c(Br)c12. The van der Waals surface area contributed by atoms with Crippen molar-refractivity contribution in [2.75, 3.05) is 0 Å². The van der Waals surface area contributed by atoms with Gasteiger partial charge in [0.15, 0.2) is 0 Å². The van der Waals surface area contributed by atoms with Crippen LogP contribution >= 0.6 is 43.5 Å². The van der Waals surface area contributed by atoms with E-state index in [-0.39, 0.29) is 0 Å². The summed E-state index contributed by atoms with van der Waals surface area (Å²) in [6.45, 7) is 0. The van der Waals surface area contributed by atoms with Crippen LogP contribution in [-0.4, -0.2) is 0 Å². The van der Waals surface area contributed by atoms with Gasteiger partial charge in [-0.25, -0.2) is 0 Å². The topological polar surface area (TPSA) is 0 Å². The van der Waals surface area contributed by atoms with E-state index >= 15 is 0 Å². The number of halogens is 3. The Balaban J connectivity index is 2.86. The predicted molar refractivity (Wildman–Crippen MR) is 69.3 cm³/mol. The molecule has 0 nitrogen and oxygen atoms in total. The molecule has 0 aliphatic rings. The third-order valence-electron chi connectivity index (χ3n) is 2.16. The molecule has 2 rings (SSSR count). The van der Waals surface area contributed by atoms with Gasteiger partial charge in [-0.15, -0.1) is 0 Å². The summed E-state index contributed by atoms with van der Waals surface area (Å²) in [4.78, 5) is 0. The maximum Gasteiger partial charge on any atom is 0.0495 e. The second-order valence-electron chi connectivity index (χ2n) is 3.01. The van der Waals surface area contributed by atoms with E-state index < -0.39 is 0 Å². The van der Waals surface area contributed by atoms with Crippen molar-refractivity contribution < 1.29 is 0 Å². The Kier molecular flexibility index (Phi) is 3.15. The Morgan fingerprint density at radius 1 is 1.14 bits per heavy atom. The molecule has 0 N–H and O–H groups in total. The number of alkyl halides is 1. The normalized spacial score (nSPS) is 10.8. The third kappa shape index (κ3) is 1.71. The van der Waals surface area contributed by atoms with Crippen LogP contribution in [0.5, 0.6) is 0 Å². The molecule has 14 heavy (non-hydrogen) atoms. The number of benzene rings is 2. The van der Waals surface area contributed by atoms with Crippen molar-refractivity contribution in [3.05, 3.63) is 45.4 Å². The lowest BCUT2D eigenvalue weighted by Gasteiger charge is -2.06. The van der Waals surface area contributed by atoms with Crippen LogP contribution < -0.4 is 0 Å². The Morgan fingerprint density at radius 3 is 2.64 bits per heavy atom. The van der Waals surface area contributed by atoms with Crippen molar-refractivity contribution in [3.8, 4) is 0 Å². The second-order valence-corrected chi connectivity index (χ2v) is 4.77. The Hall–Kier alpha value is -0.0500. The molecule has 0 atom stereocenters. The maximum atomic E-state index is 6.15. The van der Waals surface area contributed by atoms with E-state index in [1.165, 1.54) is 5.56 Å². The molecule has 0 fully saturated rings. The van der Waals surface area contributed by atoms with E-state index in [9.17, 15) is 0 Å². The highest BCUT2D eigenvalue weighted by molar-refractivity contribution is 9.11. The predicted octanol–water partition coefficient (Wildman–Crippen LogP) is 5.15. The van der Waals surface area contributed by atoms with Crippen molar-refractivity contribution in [2.45, 2.75) is 5.33 Å². The van der Waals surface area contributed by atoms with Crippen molar-refractivity contribution in [3.63, 3.8) is 0 Å². The van der Waals surface area contributed by atoms with Gasteiger partial charge in [-0.1, -0.05) is 51.8 Å².